The molecule has 1 aromatic carbocycles. The number of ether oxygens (including phenoxy) is 1. The van der Waals surface area contributed by atoms with Crippen LogP contribution < -0.4 is 10.6 Å². The number of aromatic nitrogens is 2. The zero-order valence-corrected chi connectivity index (χ0v) is 15.3. The number of aryl methyl sites for hydroxylation is 1. The number of nitro groups is 1. The van der Waals surface area contributed by atoms with Crippen molar-refractivity contribution in [2.24, 2.45) is 0 Å². The second kappa shape index (κ2) is 7.85. The predicted molar refractivity (Wildman–Crippen MR) is 98.2 cm³/mol. The number of hydrogen-bond donors (Lipinski definition) is 2. The van der Waals surface area contributed by atoms with Crippen LogP contribution in [-0.4, -0.2) is 26.2 Å². The minimum atomic E-state index is -0.667. The first-order valence-electron chi connectivity index (χ1n) is 8.21. The standard InChI is InChI=1S/C17H23N5O4/c1-5-21-11-18-9-13(21)10-19-14-7-6-12(8-15(14)22(24)25)20-16(23)26-17(2,3)4/h6-9,11,19H,5,10H2,1-4H3,(H,20,23). The molecule has 2 rings (SSSR count). The molecule has 0 unspecified atom stereocenters. The number of hydrogen-bond acceptors (Lipinski definition) is 6. The average molecular weight is 361 g/mol. The van der Waals surface area contributed by atoms with E-state index in [4.69, 9.17) is 4.74 Å². The SMILES string of the molecule is CCn1cncc1CNc1ccc(NC(=O)OC(C)(C)C)cc1[N+](=O)[O-]. The third-order valence-electron chi connectivity index (χ3n) is 3.44. The van der Waals surface area contributed by atoms with Gasteiger partial charge in [0.15, 0.2) is 0 Å². The summed E-state index contributed by atoms with van der Waals surface area (Å²) in [6.07, 6.45) is 2.75. The number of amides is 1. The topological polar surface area (TPSA) is 111 Å². The first kappa shape index (κ1) is 19.2. The fraction of sp³-hybridized carbons (Fsp3) is 0.412. The second-order valence-electron chi connectivity index (χ2n) is 6.64. The quantitative estimate of drug-likeness (QED) is 0.598. The third kappa shape index (κ3) is 5.20. The molecule has 0 aliphatic heterocycles. The van der Waals surface area contributed by atoms with Gasteiger partial charge >= 0.3 is 6.09 Å². The van der Waals surface area contributed by atoms with Crippen LogP contribution in [0.1, 0.15) is 33.4 Å². The summed E-state index contributed by atoms with van der Waals surface area (Å²) in [7, 11) is 0. The van der Waals surface area contributed by atoms with E-state index in [9.17, 15) is 14.9 Å². The normalized spacial score (nSPS) is 11.1. The molecule has 1 aromatic heterocycles. The van der Waals surface area contributed by atoms with Crippen LogP contribution in [0.2, 0.25) is 0 Å². The molecule has 0 fully saturated rings. The number of nitro benzene ring substituents is 1. The highest BCUT2D eigenvalue weighted by Gasteiger charge is 2.19. The van der Waals surface area contributed by atoms with Crippen LogP contribution in [0, 0.1) is 10.1 Å². The summed E-state index contributed by atoms with van der Waals surface area (Å²) >= 11 is 0. The maximum absolute atomic E-state index is 11.8. The maximum Gasteiger partial charge on any atom is 0.412 e. The summed E-state index contributed by atoms with van der Waals surface area (Å²) in [5.41, 5.74) is 0.766. The van der Waals surface area contributed by atoms with Crippen molar-refractivity contribution in [3.63, 3.8) is 0 Å². The first-order valence-corrected chi connectivity index (χ1v) is 8.21. The van der Waals surface area contributed by atoms with Gasteiger partial charge in [-0.3, -0.25) is 15.4 Å². The summed E-state index contributed by atoms with van der Waals surface area (Å²) < 4.78 is 7.09. The molecule has 9 nitrogen and oxygen atoms in total. The molecule has 0 bridgehead atoms. The van der Waals surface area contributed by atoms with E-state index in [0.717, 1.165) is 12.2 Å². The first-order chi connectivity index (χ1) is 12.2. The molecule has 26 heavy (non-hydrogen) atoms. The van der Waals surface area contributed by atoms with Gasteiger partial charge < -0.3 is 14.6 Å². The molecule has 9 heteroatoms. The van der Waals surface area contributed by atoms with Crippen molar-refractivity contribution in [3.05, 3.63) is 46.5 Å². The molecule has 0 saturated heterocycles. The van der Waals surface area contributed by atoms with Gasteiger partial charge in [-0.25, -0.2) is 9.78 Å². The van der Waals surface area contributed by atoms with E-state index in [1.54, 1.807) is 45.4 Å². The van der Waals surface area contributed by atoms with E-state index in [2.05, 4.69) is 15.6 Å². The lowest BCUT2D eigenvalue weighted by atomic mass is 10.2. The van der Waals surface area contributed by atoms with Crippen molar-refractivity contribution in [2.75, 3.05) is 10.6 Å². The Hall–Kier alpha value is -3.10. The summed E-state index contributed by atoms with van der Waals surface area (Å²) in [6, 6.07) is 4.43. The van der Waals surface area contributed by atoms with Gasteiger partial charge in [-0.15, -0.1) is 0 Å². The number of nitrogens with zero attached hydrogens (tertiary/aromatic N) is 3. The van der Waals surface area contributed by atoms with Gasteiger partial charge in [-0.1, -0.05) is 0 Å². The molecule has 0 aliphatic carbocycles. The molecule has 1 heterocycles. The minimum Gasteiger partial charge on any atom is -0.444 e. The van der Waals surface area contributed by atoms with Crippen LogP contribution >= 0.6 is 0 Å². The van der Waals surface area contributed by atoms with Crippen molar-refractivity contribution >= 4 is 23.2 Å². The Labute approximate surface area is 151 Å². The highest BCUT2D eigenvalue weighted by Crippen LogP contribution is 2.28. The van der Waals surface area contributed by atoms with Gasteiger partial charge in [0.1, 0.15) is 11.3 Å². The average Bonchev–Trinajstić information content (AvgIpc) is 2.99. The molecule has 0 radical (unpaired) electrons. The molecule has 0 saturated carbocycles. The van der Waals surface area contributed by atoms with Crippen LogP contribution in [-0.2, 0) is 17.8 Å². The zero-order valence-electron chi connectivity index (χ0n) is 15.3. The van der Waals surface area contributed by atoms with Crippen LogP contribution in [0.3, 0.4) is 0 Å². The van der Waals surface area contributed by atoms with Crippen molar-refractivity contribution in [1.82, 2.24) is 9.55 Å². The maximum atomic E-state index is 11.8. The van der Waals surface area contributed by atoms with Crippen molar-refractivity contribution in [2.45, 2.75) is 46.4 Å². The van der Waals surface area contributed by atoms with Crippen LogP contribution in [0.25, 0.3) is 0 Å². The summed E-state index contributed by atoms with van der Waals surface area (Å²) in [4.78, 5) is 26.8. The van der Waals surface area contributed by atoms with E-state index >= 15 is 0 Å². The highest BCUT2D eigenvalue weighted by molar-refractivity contribution is 5.86. The van der Waals surface area contributed by atoms with Gasteiger partial charge in [0.25, 0.3) is 5.69 Å². The zero-order chi connectivity index (χ0) is 19.3. The molecule has 0 atom stereocenters. The molecular formula is C17H23N5O4. The van der Waals surface area contributed by atoms with E-state index in [0.29, 0.717) is 12.2 Å². The monoisotopic (exact) mass is 361 g/mol. The Morgan fingerprint density at radius 2 is 2.12 bits per heavy atom. The minimum absolute atomic E-state index is 0.138. The third-order valence-corrected chi connectivity index (χ3v) is 3.44. The Kier molecular flexibility index (Phi) is 5.81. The highest BCUT2D eigenvalue weighted by atomic mass is 16.6. The molecular weight excluding hydrogens is 338 g/mol. The Bertz CT molecular complexity index is 795. The Morgan fingerprint density at radius 1 is 1.38 bits per heavy atom. The smallest absolute Gasteiger partial charge is 0.412 e. The number of nitrogens with one attached hydrogen (secondary N) is 2. The van der Waals surface area contributed by atoms with E-state index in [-0.39, 0.29) is 11.4 Å². The lowest BCUT2D eigenvalue weighted by Crippen LogP contribution is -2.27. The lowest BCUT2D eigenvalue weighted by molar-refractivity contribution is -0.383. The van der Waals surface area contributed by atoms with Gasteiger partial charge in [-0.2, -0.15) is 0 Å². The number of rotatable bonds is 6. The summed E-state index contributed by atoms with van der Waals surface area (Å²) in [5, 5.41) is 16.9. The number of imidazole rings is 1. The lowest BCUT2D eigenvalue weighted by Gasteiger charge is -2.19. The molecule has 140 valence electrons. The number of anilines is 2. The second-order valence-corrected chi connectivity index (χ2v) is 6.64. The summed E-state index contributed by atoms with van der Waals surface area (Å²) in [5.74, 6) is 0. The number of carbonyl (C=O) groups is 1. The fourth-order valence-electron chi connectivity index (χ4n) is 2.30. The Balaban J connectivity index is 2.13. The molecule has 2 aromatic rings. The molecule has 2 N–H and O–H groups in total. The van der Waals surface area contributed by atoms with Crippen molar-refractivity contribution in [3.8, 4) is 0 Å². The van der Waals surface area contributed by atoms with Crippen LogP contribution in [0.5, 0.6) is 0 Å². The van der Waals surface area contributed by atoms with Gasteiger partial charge in [-0.05, 0) is 39.8 Å². The Morgan fingerprint density at radius 3 is 2.73 bits per heavy atom. The van der Waals surface area contributed by atoms with E-state index in [1.807, 2.05) is 11.5 Å². The predicted octanol–water partition coefficient (Wildman–Crippen LogP) is 3.77. The molecule has 0 spiro atoms. The molecule has 1 amide bonds. The van der Waals surface area contributed by atoms with Gasteiger partial charge in [0.05, 0.1) is 29.2 Å². The molecule has 0 aliphatic rings. The van der Waals surface area contributed by atoms with Gasteiger partial charge in [0, 0.05) is 18.8 Å². The number of benzene rings is 1. The van der Waals surface area contributed by atoms with Crippen molar-refractivity contribution in [1.29, 1.82) is 0 Å². The summed E-state index contributed by atoms with van der Waals surface area (Å²) in [6.45, 7) is 8.37. The fourth-order valence-corrected chi connectivity index (χ4v) is 2.30. The van der Waals surface area contributed by atoms with Crippen molar-refractivity contribution < 1.29 is 14.5 Å². The largest absolute Gasteiger partial charge is 0.444 e. The van der Waals surface area contributed by atoms with E-state index in [1.165, 1.54) is 6.07 Å². The van der Waals surface area contributed by atoms with Crippen LogP contribution in [0.4, 0.5) is 21.9 Å². The van der Waals surface area contributed by atoms with Crippen LogP contribution in [0.15, 0.2) is 30.7 Å². The van der Waals surface area contributed by atoms with Gasteiger partial charge in [0.2, 0.25) is 0 Å². The number of carbonyl (C=O) groups excluding carboxylic acids is 1. The van der Waals surface area contributed by atoms with E-state index < -0.39 is 16.6 Å².